The summed E-state index contributed by atoms with van der Waals surface area (Å²) < 4.78 is 35.6. The second-order valence-corrected chi connectivity index (χ2v) is 10.1. The van der Waals surface area contributed by atoms with Crippen LogP contribution in [0.1, 0.15) is 89.5 Å². The fourth-order valence-corrected chi connectivity index (χ4v) is 6.18. The number of halogens is 2. The Labute approximate surface area is 192 Å². The van der Waals surface area contributed by atoms with Gasteiger partial charge >= 0.3 is 0 Å². The Bertz CT molecular complexity index is 934. The van der Waals surface area contributed by atoms with Gasteiger partial charge in [-0.2, -0.15) is 0 Å². The normalized spacial score (nSPS) is 25.9. The quantitative estimate of drug-likeness (QED) is 0.294. The number of hydrogen-bond acceptors (Lipinski definition) is 1. The second-order valence-electron chi connectivity index (χ2n) is 10.1. The van der Waals surface area contributed by atoms with E-state index in [1.165, 1.54) is 57.4 Å². The van der Waals surface area contributed by atoms with Crippen LogP contribution in [0.5, 0.6) is 5.75 Å². The molecule has 32 heavy (non-hydrogen) atoms. The van der Waals surface area contributed by atoms with Gasteiger partial charge in [0.2, 0.25) is 0 Å². The summed E-state index contributed by atoms with van der Waals surface area (Å²) >= 11 is 0. The molecule has 4 unspecified atom stereocenters. The van der Waals surface area contributed by atoms with E-state index in [1.54, 1.807) is 6.07 Å². The predicted octanol–water partition coefficient (Wildman–Crippen LogP) is 8.95. The van der Waals surface area contributed by atoms with Crippen molar-refractivity contribution in [1.29, 1.82) is 0 Å². The maximum absolute atomic E-state index is 15.2. The molecule has 0 saturated heterocycles. The highest BCUT2D eigenvalue weighted by atomic mass is 19.1. The van der Waals surface area contributed by atoms with Crippen molar-refractivity contribution in [3.63, 3.8) is 0 Å². The van der Waals surface area contributed by atoms with Crippen molar-refractivity contribution in [2.45, 2.75) is 84.0 Å². The zero-order chi connectivity index (χ0) is 22.5. The molecule has 0 spiro atoms. The van der Waals surface area contributed by atoms with Crippen molar-refractivity contribution in [1.82, 2.24) is 0 Å². The topological polar surface area (TPSA) is 9.23 Å². The highest BCUT2D eigenvalue weighted by Gasteiger charge is 2.36. The third kappa shape index (κ3) is 5.18. The Morgan fingerprint density at radius 3 is 2.62 bits per heavy atom. The summed E-state index contributed by atoms with van der Waals surface area (Å²) in [5.41, 5.74) is 0.781. The van der Waals surface area contributed by atoms with Crippen LogP contribution in [0.15, 0.2) is 36.4 Å². The molecule has 2 aliphatic carbocycles. The van der Waals surface area contributed by atoms with Crippen LogP contribution in [0.3, 0.4) is 0 Å². The predicted molar refractivity (Wildman–Crippen MR) is 129 cm³/mol. The number of unbranched alkanes of at least 4 members (excludes halogenated alkanes) is 2. The first-order valence-electron chi connectivity index (χ1n) is 12.8. The third-order valence-corrected chi connectivity index (χ3v) is 7.98. The molecule has 4 rings (SSSR count). The van der Waals surface area contributed by atoms with E-state index in [9.17, 15) is 4.39 Å². The molecule has 2 aromatic carbocycles. The van der Waals surface area contributed by atoms with E-state index >= 15 is 4.39 Å². The van der Waals surface area contributed by atoms with E-state index in [0.29, 0.717) is 12.0 Å². The molecule has 4 atom stereocenters. The van der Waals surface area contributed by atoms with Gasteiger partial charge in [0, 0.05) is 5.39 Å². The number of hydrogen-bond donors (Lipinski definition) is 0. The summed E-state index contributed by atoms with van der Waals surface area (Å²) in [6.45, 7) is 4.48. The van der Waals surface area contributed by atoms with Gasteiger partial charge in [-0.15, -0.1) is 0 Å². The molecule has 0 aliphatic heterocycles. The highest BCUT2D eigenvalue weighted by Crippen LogP contribution is 2.49. The number of ether oxygens (including phenoxy) is 1. The van der Waals surface area contributed by atoms with Gasteiger partial charge < -0.3 is 4.74 Å². The first-order valence-corrected chi connectivity index (χ1v) is 12.8. The summed E-state index contributed by atoms with van der Waals surface area (Å²) in [6.07, 6.45) is 16.5. The number of rotatable bonds is 8. The van der Waals surface area contributed by atoms with Crippen molar-refractivity contribution >= 4 is 10.8 Å². The summed E-state index contributed by atoms with van der Waals surface area (Å²) in [6, 6.07) is 6.81. The zero-order valence-electron chi connectivity index (χ0n) is 19.7. The van der Waals surface area contributed by atoms with Crippen LogP contribution in [-0.4, -0.2) is 6.61 Å². The lowest BCUT2D eigenvalue weighted by Gasteiger charge is -2.42. The van der Waals surface area contributed by atoms with Gasteiger partial charge in [0.15, 0.2) is 11.6 Å². The Hall–Kier alpha value is -1.90. The molecule has 2 aromatic rings. The Morgan fingerprint density at radius 1 is 1.00 bits per heavy atom. The highest BCUT2D eigenvalue weighted by molar-refractivity contribution is 5.85. The summed E-state index contributed by atoms with van der Waals surface area (Å²) in [5.74, 6) is 2.16. The van der Waals surface area contributed by atoms with Crippen LogP contribution in [0.4, 0.5) is 8.78 Å². The second kappa shape index (κ2) is 10.8. The van der Waals surface area contributed by atoms with Gasteiger partial charge in [-0.1, -0.05) is 57.2 Å². The van der Waals surface area contributed by atoms with E-state index < -0.39 is 5.82 Å². The first kappa shape index (κ1) is 23.3. The number of benzene rings is 2. The molecule has 2 aliphatic rings. The summed E-state index contributed by atoms with van der Waals surface area (Å²) in [4.78, 5) is 0. The first-order chi connectivity index (χ1) is 15.6. The lowest BCUT2D eigenvalue weighted by Crippen LogP contribution is -2.30. The van der Waals surface area contributed by atoms with Crippen LogP contribution in [0.2, 0.25) is 0 Å². The van der Waals surface area contributed by atoms with Crippen molar-refractivity contribution < 1.29 is 13.5 Å². The van der Waals surface area contributed by atoms with Gasteiger partial charge in [0.25, 0.3) is 0 Å². The summed E-state index contributed by atoms with van der Waals surface area (Å²) in [5, 5.41) is 1.07. The van der Waals surface area contributed by atoms with Gasteiger partial charge in [0.05, 0.1) is 0 Å². The molecule has 0 amide bonds. The Balaban J connectivity index is 1.45. The van der Waals surface area contributed by atoms with E-state index in [4.69, 9.17) is 4.74 Å². The SMILES string of the molecule is C/C=C/COc1ccc2cc(C3CCC4CC(CCCCC)CCC4C3)c(F)cc2c1F. The minimum Gasteiger partial charge on any atom is -0.486 e. The molecule has 2 fully saturated rings. The molecule has 0 radical (unpaired) electrons. The Kier molecular flexibility index (Phi) is 7.86. The van der Waals surface area contributed by atoms with Crippen LogP contribution < -0.4 is 4.74 Å². The average molecular weight is 441 g/mol. The van der Waals surface area contributed by atoms with Crippen molar-refractivity contribution in [2.24, 2.45) is 17.8 Å². The van der Waals surface area contributed by atoms with Gasteiger partial charge in [-0.3, -0.25) is 0 Å². The number of allylic oxidation sites excluding steroid dienone is 1. The van der Waals surface area contributed by atoms with Gasteiger partial charge in [-0.05, 0) is 91.8 Å². The molecular weight excluding hydrogens is 402 g/mol. The molecule has 0 heterocycles. The minimum absolute atomic E-state index is 0.180. The molecule has 0 N–H and O–H groups in total. The standard InChI is InChI=1S/C29H38F2O/c1-3-5-7-8-20-9-10-22-17-23(12-11-21(22)16-20)25-18-24-13-14-28(32-15-6-4-2)29(31)26(24)19-27(25)30/h4,6,13-14,18-23H,3,5,7-12,15-17H2,1-2H3/b6-4+. The monoisotopic (exact) mass is 440 g/mol. The molecule has 2 saturated carbocycles. The molecular formula is C29H38F2O. The molecule has 0 aromatic heterocycles. The van der Waals surface area contributed by atoms with Crippen molar-refractivity contribution in [2.75, 3.05) is 6.61 Å². The molecule has 174 valence electrons. The van der Waals surface area contributed by atoms with Crippen LogP contribution in [0.25, 0.3) is 10.8 Å². The van der Waals surface area contributed by atoms with Gasteiger partial charge in [0.1, 0.15) is 12.4 Å². The fraction of sp³-hybridized carbons (Fsp3) is 0.586. The average Bonchev–Trinajstić information content (AvgIpc) is 2.80. The summed E-state index contributed by atoms with van der Waals surface area (Å²) in [7, 11) is 0. The smallest absolute Gasteiger partial charge is 0.172 e. The maximum Gasteiger partial charge on any atom is 0.172 e. The molecule has 1 nitrogen and oxygen atoms in total. The largest absolute Gasteiger partial charge is 0.486 e. The third-order valence-electron chi connectivity index (χ3n) is 7.98. The van der Waals surface area contributed by atoms with E-state index in [-0.39, 0.29) is 17.5 Å². The molecule has 0 bridgehead atoms. The van der Waals surface area contributed by atoms with Gasteiger partial charge in [-0.25, -0.2) is 8.78 Å². The number of fused-ring (bicyclic) bond motifs is 2. The fourth-order valence-electron chi connectivity index (χ4n) is 6.18. The van der Waals surface area contributed by atoms with Crippen molar-refractivity contribution in [3.8, 4) is 5.75 Å². The molecule has 3 heteroatoms. The maximum atomic E-state index is 15.2. The van der Waals surface area contributed by atoms with Crippen LogP contribution >= 0.6 is 0 Å². The Morgan fingerprint density at radius 2 is 1.81 bits per heavy atom. The lowest BCUT2D eigenvalue weighted by atomic mass is 9.63. The van der Waals surface area contributed by atoms with Crippen molar-refractivity contribution in [3.05, 3.63) is 53.6 Å². The van der Waals surface area contributed by atoms with E-state index in [0.717, 1.165) is 41.5 Å². The lowest BCUT2D eigenvalue weighted by molar-refractivity contribution is 0.112. The van der Waals surface area contributed by atoms with E-state index in [2.05, 4.69) is 6.92 Å². The minimum atomic E-state index is -0.470. The van der Waals surface area contributed by atoms with E-state index in [1.807, 2.05) is 31.2 Å². The zero-order valence-corrected chi connectivity index (χ0v) is 19.7. The van der Waals surface area contributed by atoms with Crippen LogP contribution in [0, 0.1) is 29.4 Å². The van der Waals surface area contributed by atoms with Crippen LogP contribution in [-0.2, 0) is 0 Å².